The van der Waals surface area contributed by atoms with E-state index in [0.29, 0.717) is 6.42 Å². The van der Waals surface area contributed by atoms with E-state index >= 15 is 0 Å². The van der Waals surface area contributed by atoms with Crippen LogP contribution in [0.4, 0.5) is 0 Å². The van der Waals surface area contributed by atoms with Gasteiger partial charge in [0.05, 0.1) is 7.11 Å². The van der Waals surface area contributed by atoms with Crippen molar-refractivity contribution >= 4 is 21.8 Å². The molecule has 1 atom stereocenters. The van der Waals surface area contributed by atoms with Crippen LogP contribution in [0, 0.1) is 6.92 Å². The van der Waals surface area contributed by atoms with Crippen molar-refractivity contribution in [3.8, 4) is 0 Å². The van der Waals surface area contributed by atoms with Crippen LogP contribution in [0.15, 0.2) is 53.0 Å². The predicted octanol–water partition coefficient (Wildman–Crippen LogP) is 4.30. The number of rotatable bonds is 5. The van der Waals surface area contributed by atoms with Crippen molar-refractivity contribution in [2.24, 2.45) is 0 Å². The van der Waals surface area contributed by atoms with E-state index in [4.69, 9.17) is 4.84 Å². The van der Waals surface area contributed by atoms with E-state index in [1.807, 2.05) is 24.3 Å². The van der Waals surface area contributed by atoms with Gasteiger partial charge >= 0.3 is 0 Å². The SMILES string of the molecule is CON(C)C(=O)CC(c1cccc(Br)c1)c1ccccc1C. The number of aryl methyl sites for hydroxylation is 1. The third-order valence-corrected chi connectivity index (χ3v) is 4.31. The molecule has 1 unspecified atom stereocenters. The molecule has 0 N–H and O–H groups in total. The Balaban J connectivity index is 2.41. The lowest BCUT2D eigenvalue weighted by atomic mass is 9.86. The molecule has 0 spiro atoms. The summed E-state index contributed by atoms with van der Waals surface area (Å²) in [5.74, 6) is -0.0421. The number of nitrogens with zero attached hydrogens (tertiary/aromatic N) is 1. The second-order valence-electron chi connectivity index (χ2n) is 5.24. The second-order valence-corrected chi connectivity index (χ2v) is 6.16. The molecule has 0 radical (unpaired) electrons. The molecule has 0 saturated heterocycles. The highest BCUT2D eigenvalue weighted by atomic mass is 79.9. The summed E-state index contributed by atoms with van der Waals surface area (Å²) >= 11 is 3.51. The summed E-state index contributed by atoms with van der Waals surface area (Å²) in [5.41, 5.74) is 3.46. The number of carbonyl (C=O) groups is 1. The van der Waals surface area contributed by atoms with Crippen molar-refractivity contribution in [1.82, 2.24) is 5.06 Å². The third kappa shape index (κ3) is 3.96. The second kappa shape index (κ2) is 7.56. The Bertz CT molecular complexity index is 657. The maximum Gasteiger partial charge on any atom is 0.246 e. The van der Waals surface area contributed by atoms with Gasteiger partial charge in [0, 0.05) is 23.9 Å². The number of amides is 1. The van der Waals surface area contributed by atoms with Gasteiger partial charge in [0.2, 0.25) is 5.91 Å². The lowest BCUT2D eigenvalue weighted by Gasteiger charge is -2.22. The van der Waals surface area contributed by atoms with Gasteiger partial charge in [-0.25, -0.2) is 5.06 Å². The molecule has 2 aromatic carbocycles. The Labute approximate surface area is 140 Å². The van der Waals surface area contributed by atoms with E-state index in [1.165, 1.54) is 23.3 Å². The van der Waals surface area contributed by atoms with Crippen molar-refractivity contribution in [3.63, 3.8) is 0 Å². The van der Waals surface area contributed by atoms with Gasteiger partial charge in [-0.1, -0.05) is 52.3 Å². The molecule has 2 rings (SSSR count). The third-order valence-electron chi connectivity index (χ3n) is 3.82. The number of carbonyl (C=O) groups excluding carboxylic acids is 1. The Hall–Kier alpha value is -1.65. The Morgan fingerprint density at radius 3 is 2.59 bits per heavy atom. The average molecular weight is 362 g/mol. The zero-order valence-electron chi connectivity index (χ0n) is 13.0. The lowest BCUT2D eigenvalue weighted by Crippen LogP contribution is -2.27. The molecule has 0 bridgehead atoms. The van der Waals surface area contributed by atoms with Gasteiger partial charge < -0.3 is 0 Å². The highest BCUT2D eigenvalue weighted by Crippen LogP contribution is 2.32. The summed E-state index contributed by atoms with van der Waals surface area (Å²) in [6.45, 7) is 2.07. The molecule has 0 fully saturated rings. The fourth-order valence-electron chi connectivity index (χ4n) is 2.51. The standard InChI is InChI=1S/C18H20BrNO2/c1-13-7-4-5-10-16(13)17(12-18(21)20(2)22-3)14-8-6-9-15(19)11-14/h4-11,17H,12H2,1-3H3. The molecule has 0 saturated carbocycles. The number of halogens is 1. The molecular formula is C18H20BrNO2. The topological polar surface area (TPSA) is 29.5 Å². The van der Waals surface area contributed by atoms with Crippen LogP contribution in [0.25, 0.3) is 0 Å². The first-order chi connectivity index (χ1) is 10.5. The van der Waals surface area contributed by atoms with Gasteiger partial charge in [-0.15, -0.1) is 0 Å². The molecule has 0 aromatic heterocycles. The van der Waals surface area contributed by atoms with Crippen molar-refractivity contribution in [2.45, 2.75) is 19.3 Å². The summed E-state index contributed by atoms with van der Waals surface area (Å²) in [5, 5.41) is 1.28. The number of hydrogen-bond donors (Lipinski definition) is 0. The maximum atomic E-state index is 12.3. The smallest absolute Gasteiger partial charge is 0.246 e. The van der Waals surface area contributed by atoms with Crippen LogP contribution in [0.3, 0.4) is 0 Å². The molecule has 3 nitrogen and oxygen atoms in total. The fourth-order valence-corrected chi connectivity index (χ4v) is 2.93. The Kier molecular flexibility index (Phi) is 5.75. The van der Waals surface area contributed by atoms with Gasteiger partial charge in [-0.05, 0) is 35.7 Å². The van der Waals surface area contributed by atoms with Crippen LogP contribution in [0.5, 0.6) is 0 Å². The number of hydroxylamine groups is 2. The van der Waals surface area contributed by atoms with E-state index in [2.05, 4.69) is 47.1 Å². The molecule has 22 heavy (non-hydrogen) atoms. The van der Waals surface area contributed by atoms with Gasteiger partial charge in [-0.3, -0.25) is 9.63 Å². The van der Waals surface area contributed by atoms with Crippen LogP contribution in [0.2, 0.25) is 0 Å². The lowest BCUT2D eigenvalue weighted by molar-refractivity contribution is -0.168. The van der Waals surface area contributed by atoms with E-state index in [9.17, 15) is 4.79 Å². The van der Waals surface area contributed by atoms with E-state index in [1.54, 1.807) is 7.05 Å². The first-order valence-corrected chi connectivity index (χ1v) is 7.94. The zero-order valence-corrected chi connectivity index (χ0v) is 14.6. The summed E-state index contributed by atoms with van der Waals surface area (Å²) in [6.07, 6.45) is 0.367. The largest absolute Gasteiger partial charge is 0.275 e. The molecule has 116 valence electrons. The normalized spacial score (nSPS) is 12.0. The maximum absolute atomic E-state index is 12.3. The quantitative estimate of drug-likeness (QED) is 0.743. The van der Waals surface area contributed by atoms with Crippen LogP contribution in [-0.4, -0.2) is 25.1 Å². The molecule has 0 aliphatic heterocycles. The van der Waals surface area contributed by atoms with E-state index in [-0.39, 0.29) is 11.8 Å². The van der Waals surface area contributed by atoms with Crippen LogP contribution in [0.1, 0.15) is 29.0 Å². The first kappa shape index (κ1) is 16.7. The Morgan fingerprint density at radius 1 is 1.23 bits per heavy atom. The molecule has 0 heterocycles. The molecule has 0 aliphatic carbocycles. The van der Waals surface area contributed by atoms with Crippen molar-refractivity contribution in [3.05, 3.63) is 69.7 Å². The highest BCUT2D eigenvalue weighted by Gasteiger charge is 2.22. The van der Waals surface area contributed by atoms with Gasteiger partial charge in [0.25, 0.3) is 0 Å². The Morgan fingerprint density at radius 2 is 1.95 bits per heavy atom. The van der Waals surface area contributed by atoms with Crippen molar-refractivity contribution in [2.75, 3.05) is 14.2 Å². The number of benzene rings is 2. The molecule has 2 aromatic rings. The number of hydrogen-bond acceptors (Lipinski definition) is 2. The van der Waals surface area contributed by atoms with Crippen LogP contribution < -0.4 is 0 Å². The molecule has 0 aliphatic rings. The summed E-state index contributed by atoms with van der Waals surface area (Å²) in [7, 11) is 3.14. The highest BCUT2D eigenvalue weighted by molar-refractivity contribution is 9.10. The molecule has 4 heteroatoms. The first-order valence-electron chi connectivity index (χ1n) is 7.14. The summed E-state index contributed by atoms with van der Waals surface area (Å²) < 4.78 is 1.01. The van der Waals surface area contributed by atoms with Gasteiger partial charge in [0.1, 0.15) is 0 Å². The van der Waals surface area contributed by atoms with Crippen molar-refractivity contribution in [1.29, 1.82) is 0 Å². The molecule has 1 amide bonds. The summed E-state index contributed by atoms with van der Waals surface area (Å²) in [6, 6.07) is 16.3. The minimum absolute atomic E-state index is 0.00352. The van der Waals surface area contributed by atoms with Gasteiger partial charge in [0.15, 0.2) is 0 Å². The van der Waals surface area contributed by atoms with E-state index < -0.39 is 0 Å². The van der Waals surface area contributed by atoms with Crippen LogP contribution in [-0.2, 0) is 9.63 Å². The average Bonchev–Trinajstić information content (AvgIpc) is 2.52. The monoisotopic (exact) mass is 361 g/mol. The van der Waals surface area contributed by atoms with Gasteiger partial charge in [-0.2, -0.15) is 0 Å². The van der Waals surface area contributed by atoms with E-state index in [0.717, 1.165) is 10.0 Å². The van der Waals surface area contributed by atoms with Crippen LogP contribution >= 0.6 is 15.9 Å². The zero-order chi connectivity index (χ0) is 16.1. The fraction of sp³-hybridized carbons (Fsp3) is 0.278. The minimum atomic E-state index is -0.0456. The predicted molar refractivity (Wildman–Crippen MR) is 91.6 cm³/mol. The van der Waals surface area contributed by atoms with Crippen molar-refractivity contribution < 1.29 is 9.63 Å². The summed E-state index contributed by atoms with van der Waals surface area (Å²) in [4.78, 5) is 17.3. The minimum Gasteiger partial charge on any atom is -0.275 e. The molecular weight excluding hydrogens is 342 g/mol.